The number of hydrogen-bond acceptors (Lipinski definition) is 2. The van der Waals surface area contributed by atoms with Crippen molar-refractivity contribution < 1.29 is 0 Å². The Morgan fingerprint density at radius 1 is 1.10 bits per heavy atom. The molecule has 3 aromatic rings. The van der Waals surface area contributed by atoms with Crippen LogP contribution in [-0.4, -0.2) is 15.6 Å². The molecule has 0 unspecified atom stereocenters. The zero-order valence-corrected chi connectivity index (χ0v) is 14.0. The molecule has 0 saturated heterocycles. The van der Waals surface area contributed by atoms with Crippen molar-refractivity contribution in [3.63, 3.8) is 0 Å². The summed E-state index contributed by atoms with van der Waals surface area (Å²) in [5.41, 5.74) is 2.13. The summed E-state index contributed by atoms with van der Waals surface area (Å²) >= 11 is 3.51. The highest BCUT2D eigenvalue weighted by Crippen LogP contribution is 2.24. The van der Waals surface area contributed by atoms with Crippen LogP contribution >= 0.6 is 15.9 Å². The lowest BCUT2D eigenvalue weighted by Gasteiger charge is -2.12. The van der Waals surface area contributed by atoms with Crippen LogP contribution in [0.25, 0.3) is 16.5 Å². The fourth-order valence-electron chi connectivity index (χ4n) is 2.41. The van der Waals surface area contributed by atoms with E-state index in [2.05, 4.69) is 87.2 Å². The van der Waals surface area contributed by atoms with Gasteiger partial charge in [0.15, 0.2) is 0 Å². The molecule has 1 N–H and O–H groups in total. The molecule has 108 valence electrons. The van der Waals surface area contributed by atoms with Crippen LogP contribution in [0.3, 0.4) is 0 Å². The molecule has 0 saturated carbocycles. The summed E-state index contributed by atoms with van der Waals surface area (Å²) in [6.07, 6.45) is 2.06. The first-order valence-electron chi connectivity index (χ1n) is 7.05. The smallest absolute Gasteiger partial charge is 0.207 e. The Balaban J connectivity index is 2.09. The zero-order valence-electron chi connectivity index (χ0n) is 12.4. The lowest BCUT2D eigenvalue weighted by molar-refractivity contribution is 0.864. The maximum Gasteiger partial charge on any atom is 0.207 e. The predicted molar refractivity (Wildman–Crippen MR) is 92.3 cm³/mol. The third-order valence-electron chi connectivity index (χ3n) is 3.31. The topological polar surface area (TPSA) is 29.9 Å². The van der Waals surface area contributed by atoms with Crippen LogP contribution in [0, 0.1) is 6.92 Å². The molecule has 1 aromatic heterocycles. The van der Waals surface area contributed by atoms with Gasteiger partial charge in [0.25, 0.3) is 0 Å². The van der Waals surface area contributed by atoms with Crippen molar-refractivity contribution in [1.29, 1.82) is 0 Å². The Morgan fingerprint density at radius 2 is 1.81 bits per heavy atom. The molecule has 0 aliphatic rings. The van der Waals surface area contributed by atoms with Crippen LogP contribution in [0.2, 0.25) is 0 Å². The standard InChI is InChI=1S/C17H18BrN3/c1-11(2)19-17-20-12(3)10-21(17)16-7-5-13-8-15(18)6-4-14(13)9-16/h4-11H,1-3H3,(H,19,20). The number of fused-ring (bicyclic) bond motifs is 1. The fraction of sp³-hybridized carbons (Fsp3) is 0.235. The van der Waals surface area contributed by atoms with Gasteiger partial charge in [-0.25, -0.2) is 4.98 Å². The third kappa shape index (κ3) is 2.95. The van der Waals surface area contributed by atoms with Gasteiger partial charge >= 0.3 is 0 Å². The molecular weight excluding hydrogens is 326 g/mol. The molecule has 0 fully saturated rings. The molecule has 21 heavy (non-hydrogen) atoms. The summed E-state index contributed by atoms with van der Waals surface area (Å²) in [5, 5.41) is 5.84. The van der Waals surface area contributed by atoms with Gasteiger partial charge in [-0.15, -0.1) is 0 Å². The van der Waals surface area contributed by atoms with Crippen LogP contribution in [0.15, 0.2) is 47.1 Å². The minimum absolute atomic E-state index is 0.349. The van der Waals surface area contributed by atoms with Gasteiger partial charge in [-0.05, 0) is 55.8 Å². The molecular formula is C17H18BrN3. The van der Waals surface area contributed by atoms with E-state index in [1.807, 2.05) is 6.92 Å². The summed E-state index contributed by atoms with van der Waals surface area (Å²) in [4.78, 5) is 4.57. The zero-order chi connectivity index (χ0) is 15.0. The maximum absolute atomic E-state index is 4.57. The van der Waals surface area contributed by atoms with Crippen molar-refractivity contribution in [2.45, 2.75) is 26.8 Å². The molecule has 0 radical (unpaired) electrons. The number of aryl methyl sites for hydroxylation is 1. The average Bonchev–Trinajstić information content (AvgIpc) is 2.78. The van der Waals surface area contributed by atoms with E-state index in [0.29, 0.717) is 6.04 Å². The van der Waals surface area contributed by atoms with Gasteiger partial charge in [0.05, 0.1) is 5.69 Å². The molecule has 0 spiro atoms. The van der Waals surface area contributed by atoms with E-state index in [0.717, 1.165) is 21.8 Å². The molecule has 4 heteroatoms. The molecule has 1 heterocycles. The number of halogens is 1. The first-order chi connectivity index (χ1) is 10.0. The second-order valence-electron chi connectivity index (χ2n) is 5.55. The van der Waals surface area contributed by atoms with Crippen LogP contribution in [0.5, 0.6) is 0 Å². The van der Waals surface area contributed by atoms with Crippen molar-refractivity contribution >= 4 is 32.7 Å². The Bertz CT molecular complexity index is 790. The molecule has 3 nitrogen and oxygen atoms in total. The van der Waals surface area contributed by atoms with Crippen LogP contribution in [-0.2, 0) is 0 Å². The summed E-state index contributed by atoms with van der Waals surface area (Å²) in [5.74, 6) is 0.888. The summed E-state index contributed by atoms with van der Waals surface area (Å²) in [6, 6.07) is 13.1. The van der Waals surface area contributed by atoms with Gasteiger partial charge in [-0.1, -0.05) is 28.1 Å². The quantitative estimate of drug-likeness (QED) is 0.731. The fourth-order valence-corrected chi connectivity index (χ4v) is 2.79. The Labute approximate surface area is 133 Å². The molecule has 0 aliphatic carbocycles. The predicted octanol–water partition coefficient (Wildman–Crippen LogP) is 4.92. The lowest BCUT2D eigenvalue weighted by Crippen LogP contribution is -2.13. The van der Waals surface area contributed by atoms with E-state index >= 15 is 0 Å². The average molecular weight is 344 g/mol. The van der Waals surface area contributed by atoms with Crippen molar-refractivity contribution in [1.82, 2.24) is 9.55 Å². The lowest BCUT2D eigenvalue weighted by atomic mass is 10.1. The number of nitrogens with one attached hydrogen (secondary N) is 1. The normalized spacial score (nSPS) is 11.3. The SMILES string of the molecule is Cc1cn(-c2ccc3cc(Br)ccc3c2)c(NC(C)C)n1. The van der Waals surface area contributed by atoms with Gasteiger partial charge in [0.2, 0.25) is 5.95 Å². The highest BCUT2D eigenvalue weighted by atomic mass is 79.9. The van der Waals surface area contributed by atoms with Gasteiger partial charge in [-0.3, -0.25) is 4.57 Å². The number of benzene rings is 2. The number of nitrogens with zero attached hydrogens (tertiary/aromatic N) is 2. The van der Waals surface area contributed by atoms with Crippen molar-refractivity contribution in [2.75, 3.05) is 5.32 Å². The number of aromatic nitrogens is 2. The Kier molecular flexibility index (Phi) is 3.72. The van der Waals surface area contributed by atoms with Gasteiger partial charge < -0.3 is 5.32 Å². The van der Waals surface area contributed by atoms with E-state index in [1.54, 1.807) is 0 Å². The van der Waals surface area contributed by atoms with Crippen molar-refractivity contribution in [2.24, 2.45) is 0 Å². The highest BCUT2D eigenvalue weighted by Gasteiger charge is 2.09. The molecule has 0 bridgehead atoms. The largest absolute Gasteiger partial charge is 0.353 e. The van der Waals surface area contributed by atoms with Crippen LogP contribution < -0.4 is 5.32 Å². The minimum Gasteiger partial charge on any atom is -0.353 e. The molecule has 3 rings (SSSR count). The Hall–Kier alpha value is -1.81. The van der Waals surface area contributed by atoms with Crippen LogP contribution in [0.4, 0.5) is 5.95 Å². The van der Waals surface area contributed by atoms with E-state index in [4.69, 9.17) is 0 Å². The van der Waals surface area contributed by atoms with Gasteiger partial charge in [-0.2, -0.15) is 0 Å². The van der Waals surface area contributed by atoms with E-state index in [9.17, 15) is 0 Å². The number of anilines is 1. The van der Waals surface area contributed by atoms with Crippen molar-refractivity contribution in [3.8, 4) is 5.69 Å². The summed E-state index contributed by atoms with van der Waals surface area (Å²) in [7, 11) is 0. The summed E-state index contributed by atoms with van der Waals surface area (Å²) in [6.45, 7) is 6.25. The molecule has 0 amide bonds. The molecule has 2 aromatic carbocycles. The summed E-state index contributed by atoms with van der Waals surface area (Å²) < 4.78 is 3.21. The second-order valence-corrected chi connectivity index (χ2v) is 6.47. The highest BCUT2D eigenvalue weighted by molar-refractivity contribution is 9.10. The number of rotatable bonds is 3. The van der Waals surface area contributed by atoms with Crippen LogP contribution in [0.1, 0.15) is 19.5 Å². The van der Waals surface area contributed by atoms with Crippen molar-refractivity contribution in [3.05, 3.63) is 52.8 Å². The molecule has 0 aliphatic heterocycles. The number of imidazole rings is 1. The monoisotopic (exact) mass is 343 g/mol. The van der Waals surface area contributed by atoms with Gasteiger partial charge in [0, 0.05) is 22.4 Å². The first kappa shape index (κ1) is 14.1. The third-order valence-corrected chi connectivity index (χ3v) is 3.80. The molecule has 0 atom stereocenters. The minimum atomic E-state index is 0.349. The second kappa shape index (κ2) is 5.53. The van der Waals surface area contributed by atoms with E-state index in [-0.39, 0.29) is 0 Å². The van der Waals surface area contributed by atoms with Gasteiger partial charge in [0.1, 0.15) is 0 Å². The first-order valence-corrected chi connectivity index (χ1v) is 7.84. The number of hydrogen-bond donors (Lipinski definition) is 1. The van der Waals surface area contributed by atoms with E-state index < -0.39 is 0 Å². The maximum atomic E-state index is 4.57. The Morgan fingerprint density at radius 3 is 2.57 bits per heavy atom. The van der Waals surface area contributed by atoms with E-state index in [1.165, 1.54) is 10.8 Å².